The van der Waals surface area contributed by atoms with Crippen LogP contribution in [0.5, 0.6) is 5.75 Å². The van der Waals surface area contributed by atoms with Crippen molar-refractivity contribution in [1.82, 2.24) is 4.90 Å². The van der Waals surface area contributed by atoms with E-state index < -0.39 is 0 Å². The number of benzene rings is 3. The molecule has 1 heterocycles. The largest absolute Gasteiger partial charge is 0.494 e. The van der Waals surface area contributed by atoms with Gasteiger partial charge < -0.3 is 9.64 Å². The molecule has 0 spiro atoms. The molecule has 1 aliphatic rings. The molecule has 0 aliphatic carbocycles. The SMILES string of the molecule is CCOc1ccc(N(CCN2C(=O)c3ccccc3C2=O)C(=O)c2ccc(Br)cc2)cc1. The first-order valence-electron chi connectivity index (χ1n) is 10.2. The van der Waals surface area contributed by atoms with Crippen molar-refractivity contribution in [2.75, 3.05) is 24.6 Å². The quantitative estimate of drug-likeness (QED) is 0.444. The molecule has 0 bridgehead atoms. The number of rotatable bonds is 7. The van der Waals surface area contributed by atoms with Crippen LogP contribution in [0, 0.1) is 0 Å². The highest BCUT2D eigenvalue weighted by Crippen LogP contribution is 2.25. The number of halogens is 1. The van der Waals surface area contributed by atoms with Crippen LogP contribution in [0.3, 0.4) is 0 Å². The van der Waals surface area contributed by atoms with Crippen LogP contribution in [0.25, 0.3) is 0 Å². The highest BCUT2D eigenvalue weighted by molar-refractivity contribution is 9.10. The highest BCUT2D eigenvalue weighted by Gasteiger charge is 2.35. The smallest absolute Gasteiger partial charge is 0.261 e. The lowest BCUT2D eigenvalue weighted by atomic mass is 10.1. The Bertz CT molecular complexity index is 1120. The van der Waals surface area contributed by atoms with Gasteiger partial charge in [-0.1, -0.05) is 28.1 Å². The van der Waals surface area contributed by atoms with Gasteiger partial charge in [0.1, 0.15) is 5.75 Å². The molecule has 0 radical (unpaired) electrons. The van der Waals surface area contributed by atoms with E-state index in [1.165, 1.54) is 4.90 Å². The molecular formula is C25H21BrN2O4. The summed E-state index contributed by atoms with van der Waals surface area (Å²) in [5.41, 5.74) is 1.94. The van der Waals surface area contributed by atoms with Crippen molar-refractivity contribution in [3.63, 3.8) is 0 Å². The van der Waals surface area contributed by atoms with Crippen molar-refractivity contribution in [2.24, 2.45) is 0 Å². The highest BCUT2D eigenvalue weighted by atomic mass is 79.9. The third kappa shape index (κ3) is 4.29. The Hall–Kier alpha value is -3.45. The predicted octanol–water partition coefficient (Wildman–Crippen LogP) is 4.79. The second-order valence-electron chi connectivity index (χ2n) is 7.20. The van der Waals surface area contributed by atoms with Gasteiger partial charge in [0.15, 0.2) is 0 Å². The van der Waals surface area contributed by atoms with Gasteiger partial charge in [0.05, 0.1) is 17.7 Å². The number of carbonyl (C=O) groups is 3. The lowest BCUT2D eigenvalue weighted by molar-refractivity contribution is 0.0654. The molecule has 162 valence electrons. The van der Waals surface area contributed by atoms with Gasteiger partial charge in [0.25, 0.3) is 17.7 Å². The van der Waals surface area contributed by atoms with Gasteiger partial charge in [-0.15, -0.1) is 0 Å². The minimum atomic E-state index is -0.340. The average Bonchev–Trinajstić information content (AvgIpc) is 3.05. The Morgan fingerprint density at radius 3 is 2.06 bits per heavy atom. The number of hydrogen-bond acceptors (Lipinski definition) is 4. The van der Waals surface area contributed by atoms with E-state index in [9.17, 15) is 14.4 Å². The van der Waals surface area contributed by atoms with Crippen molar-refractivity contribution in [2.45, 2.75) is 6.92 Å². The topological polar surface area (TPSA) is 66.9 Å². The summed E-state index contributed by atoms with van der Waals surface area (Å²) < 4.78 is 6.37. The summed E-state index contributed by atoms with van der Waals surface area (Å²) in [7, 11) is 0. The molecule has 0 atom stereocenters. The van der Waals surface area contributed by atoms with E-state index in [0.29, 0.717) is 34.7 Å². The van der Waals surface area contributed by atoms with Crippen LogP contribution in [-0.2, 0) is 0 Å². The first kappa shape index (κ1) is 21.8. The zero-order valence-corrected chi connectivity index (χ0v) is 19.0. The molecule has 0 saturated heterocycles. The fourth-order valence-electron chi connectivity index (χ4n) is 3.63. The zero-order chi connectivity index (χ0) is 22.7. The van der Waals surface area contributed by atoms with Crippen LogP contribution in [0.15, 0.2) is 77.3 Å². The number of hydrogen-bond donors (Lipinski definition) is 0. The van der Waals surface area contributed by atoms with Crippen molar-refractivity contribution in [3.05, 3.63) is 94.0 Å². The van der Waals surface area contributed by atoms with Crippen LogP contribution < -0.4 is 9.64 Å². The standard InChI is InChI=1S/C25H21BrN2O4/c1-2-32-20-13-11-19(12-14-20)27(23(29)17-7-9-18(26)10-8-17)15-16-28-24(30)21-5-3-4-6-22(21)25(28)31/h3-14H,2,15-16H2,1H3. The first-order valence-corrected chi connectivity index (χ1v) is 11.0. The Balaban J connectivity index is 1.59. The van der Waals surface area contributed by atoms with E-state index in [1.807, 2.05) is 6.92 Å². The van der Waals surface area contributed by atoms with Crippen molar-refractivity contribution >= 4 is 39.3 Å². The van der Waals surface area contributed by atoms with Gasteiger partial charge in [0.2, 0.25) is 0 Å². The van der Waals surface area contributed by atoms with Gasteiger partial charge in [-0.3, -0.25) is 19.3 Å². The minimum Gasteiger partial charge on any atom is -0.494 e. The average molecular weight is 493 g/mol. The Labute approximate surface area is 194 Å². The molecule has 0 fully saturated rings. The number of ether oxygens (including phenoxy) is 1. The van der Waals surface area contributed by atoms with Crippen LogP contribution in [0.4, 0.5) is 5.69 Å². The van der Waals surface area contributed by atoms with E-state index in [0.717, 1.165) is 4.47 Å². The molecule has 3 aromatic rings. The molecule has 6 nitrogen and oxygen atoms in total. The Morgan fingerprint density at radius 1 is 0.906 bits per heavy atom. The molecule has 0 saturated carbocycles. The normalized spacial score (nSPS) is 12.6. The van der Waals surface area contributed by atoms with Gasteiger partial charge in [-0.05, 0) is 67.6 Å². The fourth-order valence-corrected chi connectivity index (χ4v) is 3.89. The molecule has 1 aliphatic heterocycles. The molecule has 0 unspecified atom stereocenters. The van der Waals surface area contributed by atoms with Gasteiger partial charge in [-0.2, -0.15) is 0 Å². The molecule has 0 aromatic heterocycles. The Kier molecular flexibility index (Phi) is 6.37. The summed E-state index contributed by atoms with van der Waals surface area (Å²) in [5.74, 6) is -0.201. The Morgan fingerprint density at radius 2 is 1.50 bits per heavy atom. The summed E-state index contributed by atoms with van der Waals surface area (Å²) in [4.78, 5) is 41.6. The van der Waals surface area contributed by atoms with Gasteiger partial charge >= 0.3 is 0 Å². The van der Waals surface area contributed by atoms with E-state index in [4.69, 9.17) is 4.74 Å². The van der Waals surface area contributed by atoms with Crippen molar-refractivity contribution in [3.8, 4) is 5.75 Å². The van der Waals surface area contributed by atoms with Crippen LogP contribution >= 0.6 is 15.9 Å². The van der Waals surface area contributed by atoms with E-state index in [1.54, 1.807) is 77.7 Å². The lowest BCUT2D eigenvalue weighted by Gasteiger charge is -2.25. The maximum absolute atomic E-state index is 13.3. The summed E-state index contributed by atoms with van der Waals surface area (Å²) in [5, 5.41) is 0. The summed E-state index contributed by atoms with van der Waals surface area (Å²) in [6.45, 7) is 2.69. The number of imide groups is 1. The number of anilines is 1. The number of amides is 3. The minimum absolute atomic E-state index is 0.0851. The second-order valence-corrected chi connectivity index (χ2v) is 8.11. The number of fused-ring (bicyclic) bond motifs is 1. The first-order chi connectivity index (χ1) is 15.5. The van der Waals surface area contributed by atoms with Gasteiger partial charge in [-0.25, -0.2) is 0 Å². The number of nitrogens with zero attached hydrogens (tertiary/aromatic N) is 2. The maximum Gasteiger partial charge on any atom is 0.261 e. The third-order valence-corrected chi connectivity index (χ3v) is 5.75. The predicted molar refractivity (Wildman–Crippen MR) is 125 cm³/mol. The van der Waals surface area contributed by atoms with Crippen molar-refractivity contribution < 1.29 is 19.1 Å². The zero-order valence-electron chi connectivity index (χ0n) is 17.5. The monoisotopic (exact) mass is 492 g/mol. The van der Waals surface area contributed by atoms with Crippen LogP contribution in [-0.4, -0.2) is 42.3 Å². The van der Waals surface area contributed by atoms with Crippen molar-refractivity contribution in [1.29, 1.82) is 0 Å². The molecule has 4 rings (SSSR count). The van der Waals surface area contributed by atoms with Crippen LogP contribution in [0.2, 0.25) is 0 Å². The van der Waals surface area contributed by atoms with Gasteiger partial charge in [0, 0.05) is 28.8 Å². The summed E-state index contributed by atoms with van der Waals surface area (Å²) >= 11 is 3.38. The molecule has 32 heavy (non-hydrogen) atoms. The van der Waals surface area contributed by atoms with E-state index in [-0.39, 0.29) is 30.8 Å². The lowest BCUT2D eigenvalue weighted by Crippen LogP contribution is -2.41. The van der Waals surface area contributed by atoms with Crippen LogP contribution in [0.1, 0.15) is 38.0 Å². The third-order valence-electron chi connectivity index (χ3n) is 5.22. The molecule has 3 aromatic carbocycles. The summed E-state index contributed by atoms with van der Waals surface area (Å²) in [6, 6.07) is 21.0. The molecule has 7 heteroatoms. The fraction of sp³-hybridized carbons (Fsp3) is 0.160. The maximum atomic E-state index is 13.3. The molecule has 3 amide bonds. The van der Waals surface area contributed by atoms with E-state index in [2.05, 4.69) is 15.9 Å². The number of carbonyl (C=O) groups excluding carboxylic acids is 3. The summed E-state index contributed by atoms with van der Waals surface area (Å²) in [6.07, 6.45) is 0. The molecular weight excluding hydrogens is 472 g/mol. The van der Waals surface area contributed by atoms with E-state index >= 15 is 0 Å². The second kappa shape index (κ2) is 9.36. The molecule has 0 N–H and O–H groups in total.